The van der Waals surface area contributed by atoms with Crippen LogP contribution in [0.15, 0.2) is 24.3 Å². The molecule has 2 rings (SSSR count). The number of rotatable bonds is 5. The van der Waals surface area contributed by atoms with Crippen molar-refractivity contribution in [1.29, 1.82) is 0 Å². The molecule has 0 spiro atoms. The van der Waals surface area contributed by atoms with Crippen LogP contribution in [0.4, 0.5) is 0 Å². The molecule has 5 heteroatoms. The molecule has 1 fully saturated rings. The summed E-state index contributed by atoms with van der Waals surface area (Å²) in [7, 11) is 0. The van der Waals surface area contributed by atoms with Crippen LogP contribution in [-0.4, -0.2) is 37.7 Å². The van der Waals surface area contributed by atoms with Crippen molar-refractivity contribution < 1.29 is 4.74 Å². The lowest BCUT2D eigenvalue weighted by Gasteiger charge is -2.35. The fourth-order valence-electron chi connectivity index (χ4n) is 2.71. The third-order valence-corrected chi connectivity index (χ3v) is 3.56. The topological polar surface area (TPSA) is 24.5 Å². The van der Waals surface area contributed by atoms with Gasteiger partial charge in [0.05, 0.1) is 6.61 Å². The maximum absolute atomic E-state index is 5.77. The van der Waals surface area contributed by atoms with Crippen molar-refractivity contribution in [3.05, 3.63) is 29.8 Å². The lowest BCUT2D eigenvalue weighted by atomic mass is 10.0. The molecule has 1 aromatic carbocycles. The second kappa shape index (κ2) is 10.3. The lowest BCUT2D eigenvalue weighted by Crippen LogP contribution is -2.45. The Kier molecular flexibility index (Phi) is 10.0. The first-order valence-corrected chi connectivity index (χ1v) is 7.03. The summed E-state index contributed by atoms with van der Waals surface area (Å²) in [5.74, 6) is 1.05. The number of ether oxygens (including phenoxy) is 1. The molecule has 0 aliphatic carbocycles. The molecule has 0 amide bonds. The van der Waals surface area contributed by atoms with E-state index in [0.717, 1.165) is 45.0 Å². The van der Waals surface area contributed by atoms with Crippen LogP contribution in [0.3, 0.4) is 0 Å². The third-order valence-electron chi connectivity index (χ3n) is 3.56. The minimum absolute atomic E-state index is 0. The predicted molar refractivity (Wildman–Crippen MR) is 89.6 cm³/mol. The van der Waals surface area contributed by atoms with Gasteiger partial charge in [0.1, 0.15) is 5.75 Å². The van der Waals surface area contributed by atoms with Gasteiger partial charge in [-0.25, -0.2) is 0 Å². The molecular formula is C15H26Cl2N2O. The van der Waals surface area contributed by atoms with Crippen LogP contribution in [0.25, 0.3) is 0 Å². The minimum Gasteiger partial charge on any atom is -0.494 e. The van der Waals surface area contributed by atoms with E-state index in [1.807, 2.05) is 6.92 Å². The third kappa shape index (κ3) is 4.81. The number of hydrogen-bond donors (Lipinski definition) is 1. The summed E-state index contributed by atoms with van der Waals surface area (Å²) in [5, 5.41) is 3.41. The molecule has 1 heterocycles. The molecule has 1 saturated heterocycles. The normalized spacial score (nSPS) is 16.7. The molecule has 0 unspecified atom stereocenters. The highest BCUT2D eigenvalue weighted by atomic mass is 35.5. The van der Waals surface area contributed by atoms with Crippen LogP contribution >= 0.6 is 24.8 Å². The van der Waals surface area contributed by atoms with Crippen molar-refractivity contribution >= 4 is 24.8 Å². The fourth-order valence-corrected chi connectivity index (χ4v) is 2.71. The average Bonchev–Trinajstić information content (AvgIpc) is 2.43. The maximum Gasteiger partial charge on any atom is 0.124 e. The van der Waals surface area contributed by atoms with Crippen molar-refractivity contribution in [2.45, 2.75) is 26.3 Å². The summed E-state index contributed by atoms with van der Waals surface area (Å²) in [6.07, 6.45) is 1.13. The Morgan fingerprint density at radius 2 is 1.80 bits per heavy atom. The number of nitrogens with zero attached hydrogens (tertiary/aromatic N) is 1. The first-order chi connectivity index (χ1) is 8.86. The predicted octanol–water partition coefficient (Wildman–Crippen LogP) is 3.29. The molecule has 1 aliphatic rings. The molecule has 0 radical (unpaired) electrons. The van der Waals surface area contributed by atoms with E-state index in [1.54, 1.807) is 0 Å². The van der Waals surface area contributed by atoms with Gasteiger partial charge in [-0.15, -0.1) is 24.8 Å². The van der Waals surface area contributed by atoms with Gasteiger partial charge in [0.15, 0.2) is 0 Å². The summed E-state index contributed by atoms with van der Waals surface area (Å²) < 4.78 is 5.77. The van der Waals surface area contributed by atoms with E-state index in [4.69, 9.17) is 4.74 Å². The highest BCUT2D eigenvalue weighted by Crippen LogP contribution is 2.31. The average molecular weight is 321 g/mol. The van der Waals surface area contributed by atoms with Crippen molar-refractivity contribution in [1.82, 2.24) is 10.2 Å². The summed E-state index contributed by atoms with van der Waals surface area (Å²) in [4.78, 5) is 2.56. The zero-order chi connectivity index (χ0) is 12.8. The molecule has 1 N–H and O–H groups in total. The van der Waals surface area contributed by atoms with Gasteiger partial charge in [0.25, 0.3) is 0 Å². The number of para-hydroxylation sites is 1. The number of halogens is 2. The molecule has 1 aliphatic heterocycles. The Morgan fingerprint density at radius 3 is 2.40 bits per heavy atom. The second-order valence-corrected chi connectivity index (χ2v) is 4.68. The largest absolute Gasteiger partial charge is 0.494 e. The van der Waals surface area contributed by atoms with E-state index in [2.05, 4.69) is 41.4 Å². The summed E-state index contributed by atoms with van der Waals surface area (Å²) >= 11 is 0. The highest BCUT2D eigenvalue weighted by molar-refractivity contribution is 5.85. The van der Waals surface area contributed by atoms with Gasteiger partial charge in [-0.3, -0.25) is 4.90 Å². The number of benzene rings is 1. The van der Waals surface area contributed by atoms with E-state index in [0.29, 0.717) is 6.04 Å². The van der Waals surface area contributed by atoms with E-state index in [-0.39, 0.29) is 24.8 Å². The van der Waals surface area contributed by atoms with Gasteiger partial charge >= 0.3 is 0 Å². The van der Waals surface area contributed by atoms with Gasteiger partial charge in [-0.2, -0.15) is 0 Å². The van der Waals surface area contributed by atoms with Crippen LogP contribution in [0, 0.1) is 0 Å². The van der Waals surface area contributed by atoms with Gasteiger partial charge in [0, 0.05) is 37.8 Å². The molecule has 3 nitrogen and oxygen atoms in total. The van der Waals surface area contributed by atoms with Crippen LogP contribution < -0.4 is 10.1 Å². The number of nitrogens with one attached hydrogen (secondary N) is 1. The molecule has 0 saturated carbocycles. The molecular weight excluding hydrogens is 295 g/mol. The van der Waals surface area contributed by atoms with E-state index < -0.39 is 0 Å². The Hall–Kier alpha value is -0.480. The number of hydrogen-bond acceptors (Lipinski definition) is 3. The SMILES string of the molecule is CCOc1ccccc1[C@H](CC)N1CCNCC1.Cl.Cl. The standard InChI is InChI=1S/C15H24N2O.2ClH/c1-3-14(17-11-9-16-10-12-17)13-7-5-6-8-15(13)18-4-2;;/h5-8,14,16H,3-4,9-12H2,1-2H3;2*1H/t14-;;/m0../s1. The van der Waals surface area contributed by atoms with Crippen LogP contribution in [0.1, 0.15) is 31.9 Å². The highest BCUT2D eigenvalue weighted by Gasteiger charge is 2.22. The second-order valence-electron chi connectivity index (χ2n) is 4.68. The van der Waals surface area contributed by atoms with Crippen LogP contribution in [-0.2, 0) is 0 Å². The molecule has 1 aromatic rings. The zero-order valence-electron chi connectivity index (χ0n) is 12.3. The first-order valence-electron chi connectivity index (χ1n) is 7.03. The smallest absolute Gasteiger partial charge is 0.124 e. The van der Waals surface area contributed by atoms with Crippen molar-refractivity contribution in [3.63, 3.8) is 0 Å². The number of piperazine rings is 1. The van der Waals surface area contributed by atoms with Gasteiger partial charge in [-0.05, 0) is 19.4 Å². The summed E-state index contributed by atoms with van der Waals surface area (Å²) in [5.41, 5.74) is 1.34. The Bertz CT molecular complexity index is 371. The van der Waals surface area contributed by atoms with E-state index >= 15 is 0 Å². The van der Waals surface area contributed by atoms with Crippen LogP contribution in [0.2, 0.25) is 0 Å². The Labute approximate surface area is 134 Å². The van der Waals surface area contributed by atoms with Crippen molar-refractivity contribution in [2.24, 2.45) is 0 Å². The lowest BCUT2D eigenvalue weighted by molar-refractivity contribution is 0.165. The Balaban J connectivity index is 0.00000180. The Morgan fingerprint density at radius 1 is 1.15 bits per heavy atom. The van der Waals surface area contributed by atoms with Crippen molar-refractivity contribution in [2.75, 3.05) is 32.8 Å². The molecule has 0 bridgehead atoms. The van der Waals surface area contributed by atoms with Crippen molar-refractivity contribution in [3.8, 4) is 5.75 Å². The van der Waals surface area contributed by atoms with E-state index in [1.165, 1.54) is 5.56 Å². The fraction of sp³-hybridized carbons (Fsp3) is 0.600. The van der Waals surface area contributed by atoms with Crippen LogP contribution in [0.5, 0.6) is 5.75 Å². The quantitative estimate of drug-likeness (QED) is 0.901. The molecule has 20 heavy (non-hydrogen) atoms. The van der Waals surface area contributed by atoms with Gasteiger partial charge < -0.3 is 10.1 Å². The van der Waals surface area contributed by atoms with E-state index in [9.17, 15) is 0 Å². The van der Waals surface area contributed by atoms with Gasteiger partial charge in [-0.1, -0.05) is 25.1 Å². The minimum atomic E-state index is 0. The molecule has 1 atom stereocenters. The first kappa shape index (κ1) is 19.5. The zero-order valence-corrected chi connectivity index (χ0v) is 13.9. The summed E-state index contributed by atoms with van der Waals surface area (Å²) in [6.45, 7) is 9.46. The molecule has 0 aromatic heterocycles. The maximum atomic E-state index is 5.77. The van der Waals surface area contributed by atoms with Gasteiger partial charge in [0.2, 0.25) is 0 Å². The molecule has 116 valence electrons. The monoisotopic (exact) mass is 320 g/mol. The summed E-state index contributed by atoms with van der Waals surface area (Å²) in [6, 6.07) is 8.95.